The molecule has 0 saturated carbocycles. The molecule has 0 aliphatic rings. The third-order valence-electron chi connectivity index (χ3n) is 21.8. The number of unbranched alkanes of at least 4 members (excludes halogenated alkanes) is 4. The van der Waals surface area contributed by atoms with Crippen LogP contribution in [0.15, 0.2) is 351 Å². The van der Waals surface area contributed by atoms with Crippen LogP contribution in [0, 0.1) is 62.6 Å². The summed E-state index contributed by atoms with van der Waals surface area (Å²) in [4.78, 5) is 62.4. The molecule has 0 unspecified atom stereocenters. The number of ketones is 2. The summed E-state index contributed by atoms with van der Waals surface area (Å²) in [5.41, 5.74) is 20.2. The zero-order valence-electron chi connectivity index (χ0n) is 75.8. The topological polar surface area (TPSA) is 211 Å². The molecule has 17 nitrogen and oxygen atoms in total. The lowest BCUT2D eigenvalue weighted by atomic mass is 10.0. The van der Waals surface area contributed by atoms with Crippen LogP contribution in [0.4, 0.5) is 0 Å². The van der Waals surface area contributed by atoms with Crippen LogP contribution in [0.25, 0.3) is 85.6 Å². The van der Waals surface area contributed by atoms with E-state index >= 15 is 0 Å². The van der Waals surface area contributed by atoms with Crippen LogP contribution >= 0.6 is 99.6 Å². The molecule has 0 fully saturated rings. The van der Waals surface area contributed by atoms with Crippen molar-refractivity contribution in [2.45, 2.75) is 119 Å². The predicted molar refractivity (Wildman–Crippen MR) is 574 cm³/mol. The molecule has 17 rings (SSSR count). The number of hydrogen-bond acceptors (Lipinski definition) is 11. The van der Waals surface area contributed by atoms with Crippen LogP contribution in [0.5, 0.6) is 0 Å². The minimum Gasteiger partial charge on any atom is -0.478 e. The first-order chi connectivity index (χ1) is 65.5. The smallest absolute Gasteiger partial charge is 0.335 e. The predicted octanol–water partition coefficient (Wildman–Crippen LogP) is 28.8. The average Bonchev–Trinajstić information content (AvgIpc) is 1.69. The van der Waals surface area contributed by atoms with Crippen molar-refractivity contribution < 1.29 is 37.5 Å². The number of aromatic carboxylic acids is 1. The molecule has 7 heterocycles. The number of carboxylic acids is 1. The molecular formula is C113H102Br2I3N9O8. The number of hydrogen-bond donors (Lipinski definition) is 2. The Hall–Kier alpha value is -12.8. The number of terminal acetylenes is 1. The molecule has 22 heteroatoms. The normalized spacial score (nSPS) is 10.6. The fourth-order valence-corrected chi connectivity index (χ4v) is 16.3. The lowest BCUT2D eigenvalue weighted by Gasteiger charge is -2.13. The van der Waals surface area contributed by atoms with Crippen molar-refractivity contribution in [3.63, 3.8) is 0 Å². The summed E-state index contributed by atoms with van der Waals surface area (Å²) >= 11 is 13.9. The number of furan rings is 3. The summed E-state index contributed by atoms with van der Waals surface area (Å²) in [6.45, 7) is 15.0. The monoisotopic (exact) mass is 2250 g/mol. The van der Waals surface area contributed by atoms with Crippen LogP contribution < -0.4 is 5.32 Å². The molecular weight excluding hydrogens is 2150 g/mol. The van der Waals surface area contributed by atoms with Crippen molar-refractivity contribution in [2.24, 2.45) is 0 Å². The van der Waals surface area contributed by atoms with Gasteiger partial charge in [-0.2, -0.15) is 0 Å². The van der Waals surface area contributed by atoms with Gasteiger partial charge in [-0.3, -0.25) is 4.79 Å². The van der Waals surface area contributed by atoms with Gasteiger partial charge in [-0.15, -0.1) is 6.42 Å². The van der Waals surface area contributed by atoms with Crippen molar-refractivity contribution >= 4 is 129 Å². The van der Waals surface area contributed by atoms with E-state index < -0.39 is 5.97 Å². The summed E-state index contributed by atoms with van der Waals surface area (Å²) in [5.74, 6) is 14.9. The number of nitrogens with one attached hydrogen (secondary N) is 1. The summed E-state index contributed by atoms with van der Waals surface area (Å²) in [5, 5.41) is 11.1. The number of allylic oxidation sites excluding steroid dienone is 1. The summed E-state index contributed by atoms with van der Waals surface area (Å²) < 4.78 is 31.1. The Bertz CT molecular complexity index is 6840. The van der Waals surface area contributed by atoms with E-state index in [1.807, 2.05) is 91.5 Å². The maximum atomic E-state index is 11.3. The molecule has 0 bridgehead atoms. The zero-order valence-corrected chi connectivity index (χ0v) is 85.4. The molecule has 2 N–H and O–H groups in total. The van der Waals surface area contributed by atoms with Gasteiger partial charge in [0.2, 0.25) is 0 Å². The molecule has 17 aromatic rings. The summed E-state index contributed by atoms with van der Waals surface area (Å²) in [7, 11) is 0. The number of aryl methyl sites for hydroxylation is 4. The van der Waals surface area contributed by atoms with Gasteiger partial charge in [-0.25, -0.2) is 24.7 Å². The van der Waals surface area contributed by atoms with Crippen molar-refractivity contribution in [3.05, 3.63) is 416 Å². The van der Waals surface area contributed by atoms with E-state index in [1.54, 1.807) is 69.0 Å². The fraction of sp³-hybridized carbons (Fsp3) is 0.168. The Kier molecular flexibility index (Phi) is 39.1. The van der Waals surface area contributed by atoms with E-state index in [2.05, 4.69) is 367 Å². The maximum Gasteiger partial charge on any atom is 0.335 e. The van der Waals surface area contributed by atoms with E-state index in [1.165, 1.54) is 37.1 Å². The molecule has 0 atom stereocenters. The quantitative estimate of drug-likeness (QED) is 0.0266. The highest BCUT2D eigenvalue weighted by Crippen LogP contribution is 2.33. The van der Waals surface area contributed by atoms with E-state index in [0.717, 1.165) is 176 Å². The lowest BCUT2D eigenvalue weighted by molar-refractivity contribution is -0.117. The first-order valence-electron chi connectivity index (χ1n) is 44.0. The fourth-order valence-electron chi connectivity index (χ4n) is 14.4. The minimum absolute atomic E-state index is 0.130. The van der Waals surface area contributed by atoms with Crippen molar-refractivity contribution in [1.29, 1.82) is 0 Å². The molecule has 682 valence electrons. The summed E-state index contributed by atoms with van der Waals surface area (Å²) in [6.07, 6.45) is 29.2. The van der Waals surface area contributed by atoms with Gasteiger partial charge in [0.1, 0.15) is 52.1 Å². The van der Waals surface area contributed by atoms with Gasteiger partial charge in [0.15, 0.2) is 0 Å². The third-order valence-corrected chi connectivity index (χ3v) is 25.5. The largest absolute Gasteiger partial charge is 0.478 e. The number of Topliss-reactive ketones (excluding diaryl/α,β-unsaturated/α-hetero) is 2. The molecule has 135 heavy (non-hydrogen) atoms. The van der Waals surface area contributed by atoms with Gasteiger partial charge < -0.3 is 51.5 Å². The van der Waals surface area contributed by atoms with E-state index in [4.69, 9.17) is 34.7 Å². The highest BCUT2D eigenvalue weighted by molar-refractivity contribution is 14.1. The SMILES string of the molecule is C#CCNC(=O)c1ccc(I)cc1.CC(=O)CCCC/C=C/c1ccccc1Cn1c(C)cnc1-c1ccc(-c2ccco2)cc1.CC(=O)CCCCC#Cc1ccccc1Cn1c(C)cnc1-c1ccc(-c2ccco2)cc1.Cc1cnc(-c2ccc(-c3ccco3)cc2)n1Cc1ccccc1Br.Cc1cnc(-c2ccc(I)cc2)n1Cc1ccccc1Br.O=C(O)c1ccc(I)cc1. The first kappa shape index (κ1) is 101. The van der Waals surface area contributed by atoms with Gasteiger partial charge in [-0.1, -0.05) is 226 Å². The van der Waals surface area contributed by atoms with E-state index in [9.17, 15) is 19.2 Å². The Morgan fingerprint density at radius 3 is 1.13 bits per heavy atom. The lowest BCUT2D eigenvalue weighted by Crippen LogP contribution is -2.23. The van der Waals surface area contributed by atoms with Gasteiger partial charge in [-0.05, 0) is 284 Å². The number of imidazole rings is 4. The van der Waals surface area contributed by atoms with Crippen molar-refractivity contribution in [1.82, 2.24) is 43.5 Å². The van der Waals surface area contributed by atoms with E-state index in [0.29, 0.717) is 30.5 Å². The molecule has 0 spiro atoms. The number of amides is 1. The van der Waals surface area contributed by atoms with Crippen LogP contribution in [0.1, 0.15) is 142 Å². The Morgan fingerprint density at radius 2 is 0.748 bits per heavy atom. The van der Waals surface area contributed by atoms with Crippen LogP contribution in [-0.4, -0.2) is 73.3 Å². The molecule has 0 aliphatic carbocycles. The number of rotatable bonds is 28. The number of carboxylic acid groups (broad SMARTS) is 1. The minimum atomic E-state index is -0.878. The van der Waals surface area contributed by atoms with Crippen LogP contribution in [0.3, 0.4) is 0 Å². The number of nitrogens with zero attached hydrogens (tertiary/aromatic N) is 8. The zero-order chi connectivity index (χ0) is 95.4. The summed E-state index contributed by atoms with van der Waals surface area (Å²) in [6, 6.07) is 92.4. The molecule has 0 aliphatic heterocycles. The highest BCUT2D eigenvalue weighted by atomic mass is 127. The molecule has 1 amide bonds. The molecule has 0 saturated heterocycles. The van der Waals surface area contributed by atoms with Gasteiger partial charge in [0, 0.05) is 143 Å². The second kappa shape index (κ2) is 52.2. The first-order valence-corrected chi connectivity index (χ1v) is 48.9. The molecule has 10 aromatic carbocycles. The molecule has 0 radical (unpaired) electrons. The van der Waals surface area contributed by atoms with Gasteiger partial charge in [0.05, 0.1) is 50.5 Å². The Morgan fingerprint density at radius 1 is 0.407 bits per heavy atom. The van der Waals surface area contributed by atoms with Crippen LogP contribution in [0.2, 0.25) is 0 Å². The number of aromatic nitrogens is 8. The second-order valence-electron chi connectivity index (χ2n) is 31.7. The number of carbonyl (C=O) groups excluding carboxylic acids is 3. The molecule has 7 aromatic heterocycles. The number of benzene rings is 10. The Labute approximate surface area is 847 Å². The van der Waals surface area contributed by atoms with Gasteiger partial charge >= 0.3 is 5.97 Å². The average molecular weight is 2250 g/mol. The number of carbonyl (C=O) groups is 4. The van der Waals surface area contributed by atoms with E-state index in [-0.39, 0.29) is 24.0 Å². The van der Waals surface area contributed by atoms with Gasteiger partial charge in [0.25, 0.3) is 5.91 Å². The highest BCUT2D eigenvalue weighted by Gasteiger charge is 2.19. The van der Waals surface area contributed by atoms with Crippen molar-refractivity contribution in [2.75, 3.05) is 6.54 Å². The number of halogens is 5. The maximum absolute atomic E-state index is 11.3. The third kappa shape index (κ3) is 30.3. The van der Waals surface area contributed by atoms with Crippen LogP contribution in [-0.2, 0) is 35.8 Å². The standard InChI is InChI=1S/C29H30N2O2.C29H28N2O2.C21H17BrN2O.C17H14BrIN2.C10H8INO.C7H5IO2/c2*1-22-20-30-29(26-17-15-25(16-18-26)28-14-9-19-33-28)31(22)21-27-13-8-7-12-24(27)11-6-4-3-5-10-23(2)32;1-15-13-23-21(24(15)14-18-5-2-3-6-19(18)22)17-10-8-16(9-11-17)20-7-4-12-25-20;1-12-10-20-17(13-6-8-15(19)9-7-13)21(12)11-14-4-2-3-5-16(14)18;1-2-7-12-10(13)8-3-5-9(11)6-4-8;8-6-3-1-5(2-4-6)7(9)10/h6-9,11-20H,3-5,10,21H2,1-2H3;7-9,12-20H,3-5,10,21H2,1-2H3;2-13H,14H2,1H3;2-10H,11H2,1H3;1,3-6H,7H2,(H,12,13);1-4H,(H,9,10)/b11-6+;;;;;. The second-order valence-corrected chi connectivity index (χ2v) is 37.2. The Balaban J connectivity index is 0.000000151. The van der Waals surface area contributed by atoms with Crippen molar-refractivity contribution in [3.8, 4) is 104 Å².